The van der Waals surface area contributed by atoms with Gasteiger partial charge in [-0.15, -0.1) is 11.3 Å². The number of nitrogens with zero attached hydrogens (tertiary/aromatic N) is 2. The molecule has 0 radical (unpaired) electrons. The Morgan fingerprint density at radius 2 is 1.94 bits per heavy atom. The van der Waals surface area contributed by atoms with Gasteiger partial charge in [0.25, 0.3) is 10.0 Å². The quantitative estimate of drug-likeness (QED) is 0.409. The lowest BCUT2D eigenvalue weighted by Gasteiger charge is -2.34. The molecule has 3 aromatic rings. The summed E-state index contributed by atoms with van der Waals surface area (Å²) in [4.78, 5) is 4.98. The Balaban J connectivity index is 1.60. The van der Waals surface area contributed by atoms with Gasteiger partial charge in [-0.25, -0.2) is 4.98 Å². The maximum atomic E-state index is 13.4. The van der Waals surface area contributed by atoms with E-state index in [9.17, 15) is 8.42 Å². The summed E-state index contributed by atoms with van der Waals surface area (Å²) in [5, 5.41) is 8.24. The van der Waals surface area contributed by atoms with Crippen molar-refractivity contribution in [3.63, 3.8) is 0 Å². The van der Waals surface area contributed by atoms with E-state index >= 15 is 0 Å². The van der Waals surface area contributed by atoms with E-state index in [4.69, 9.17) is 4.74 Å². The first-order chi connectivity index (χ1) is 17.2. The normalized spacial score (nSPS) is 18.4. The fourth-order valence-corrected chi connectivity index (χ4v) is 7.12. The van der Waals surface area contributed by atoms with Gasteiger partial charge in [-0.05, 0) is 70.8 Å². The zero-order valence-corrected chi connectivity index (χ0v) is 23.2. The highest BCUT2D eigenvalue weighted by atomic mass is 32.2. The lowest BCUT2D eigenvalue weighted by molar-refractivity contribution is 0.238. The first-order valence-corrected chi connectivity index (χ1v) is 14.7. The summed E-state index contributed by atoms with van der Waals surface area (Å²) in [7, 11) is -2.19. The van der Waals surface area contributed by atoms with E-state index in [2.05, 4.69) is 39.9 Å². The Bertz CT molecular complexity index is 1280. The van der Waals surface area contributed by atoms with Crippen LogP contribution in [0.15, 0.2) is 53.6 Å². The zero-order valence-electron chi connectivity index (χ0n) is 21.6. The van der Waals surface area contributed by atoms with Crippen molar-refractivity contribution in [3.05, 3.63) is 69.5 Å². The Kier molecular flexibility index (Phi) is 8.34. The van der Waals surface area contributed by atoms with E-state index in [0.29, 0.717) is 17.1 Å². The maximum Gasteiger partial charge on any atom is 0.282 e. The molecule has 1 saturated heterocycles. The van der Waals surface area contributed by atoms with Crippen molar-refractivity contribution in [1.82, 2.24) is 15.6 Å². The van der Waals surface area contributed by atoms with Gasteiger partial charge < -0.3 is 15.4 Å². The molecule has 2 heterocycles. The SMILES string of the molecule is Cc1nc(S(=O)(=O)N(C)c2ccc(OC(C)C)c(CN[C@H]3CCCN[C@H]3c3ccccc3)c2)c(C)s1. The summed E-state index contributed by atoms with van der Waals surface area (Å²) in [6.45, 7) is 9.15. The van der Waals surface area contributed by atoms with Crippen molar-refractivity contribution >= 4 is 27.0 Å². The van der Waals surface area contributed by atoms with Crippen molar-refractivity contribution in [1.29, 1.82) is 0 Å². The number of piperidine rings is 1. The van der Waals surface area contributed by atoms with Crippen molar-refractivity contribution in [2.45, 2.75) is 70.3 Å². The number of sulfonamides is 1. The van der Waals surface area contributed by atoms with Crippen LogP contribution in [0.2, 0.25) is 0 Å². The lowest BCUT2D eigenvalue weighted by atomic mass is 9.92. The molecule has 1 aliphatic rings. The minimum Gasteiger partial charge on any atom is -0.491 e. The third-order valence-electron chi connectivity index (χ3n) is 6.41. The topological polar surface area (TPSA) is 83.6 Å². The van der Waals surface area contributed by atoms with Gasteiger partial charge in [0.05, 0.1) is 16.8 Å². The van der Waals surface area contributed by atoms with E-state index in [1.807, 2.05) is 39.0 Å². The standard InChI is InChI=1S/C27H36N4O3S2/c1-18(2)34-25-14-13-23(31(5)36(32,33)27-19(3)35-20(4)30-27)16-22(25)17-29-24-12-9-15-28-26(24)21-10-7-6-8-11-21/h6-8,10-11,13-14,16,18,24,26,28-29H,9,12,15,17H2,1-5H3/t24-,26-/m0/s1. The van der Waals surface area contributed by atoms with Crippen LogP contribution in [-0.2, 0) is 16.6 Å². The summed E-state index contributed by atoms with van der Waals surface area (Å²) >= 11 is 1.39. The third-order valence-corrected chi connectivity index (χ3v) is 9.24. The number of nitrogens with one attached hydrogen (secondary N) is 2. The number of anilines is 1. The van der Waals surface area contributed by atoms with E-state index in [1.165, 1.54) is 21.2 Å². The smallest absolute Gasteiger partial charge is 0.282 e. The largest absolute Gasteiger partial charge is 0.491 e. The highest BCUT2D eigenvalue weighted by Gasteiger charge is 2.28. The van der Waals surface area contributed by atoms with Crippen LogP contribution < -0.4 is 19.7 Å². The number of benzene rings is 2. The minimum atomic E-state index is -3.77. The van der Waals surface area contributed by atoms with Gasteiger partial charge in [-0.1, -0.05) is 30.3 Å². The van der Waals surface area contributed by atoms with Gasteiger partial charge in [0, 0.05) is 36.1 Å². The lowest BCUT2D eigenvalue weighted by Crippen LogP contribution is -2.45. The van der Waals surface area contributed by atoms with Crippen molar-refractivity contribution in [3.8, 4) is 5.75 Å². The molecule has 0 saturated carbocycles. The molecule has 2 atom stereocenters. The molecule has 0 amide bonds. The van der Waals surface area contributed by atoms with E-state index in [1.54, 1.807) is 20.0 Å². The zero-order chi connectivity index (χ0) is 25.9. The fourth-order valence-electron chi connectivity index (χ4n) is 4.65. The molecule has 194 valence electrons. The molecule has 36 heavy (non-hydrogen) atoms. The van der Waals surface area contributed by atoms with Crippen molar-refractivity contribution < 1.29 is 13.2 Å². The van der Waals surface area contributed by atoms with E-state index in [-0.39, 0.29) is 23.2 Å². The number of aromatic nitrogens is 1. The van der Waals surface area contributed by atoms with Crippen LogP contribution in [0.1, 0.15) is 53.7 Å². The molecule has 9 heteroatoms. The molecule has 1 fully saturated rings. The molecule has 2 aromatic carbocycles. The first kappa shape index (κ1) is 26.6. The molecule has 0 bridgehead atoms. The van der Waals surface area contributed by atoms with Crippen molar-refractivity contribution in [2.24, 2.45) is 0 Å². The number of rotatable bonds is 9. The molecule has 0 spiro atoms. The fraction of sp³-hybridized carbons (Fsp3) is 0.444. The van der Waals surface area contributed by atoms with Crippen LogP contribution >= 0.6 is 11.3 Å². The minimum absolute atomic E-state index is 0.00473. The van der Waals surface area contributed by atoms with Crippen LogP contribution in [0, 0.1) is 13.8 Å². The summed E-state index contributed by atoms with van der Waals surface area (Å²) in [6.07, 6.45) is 2.16. The predicted octanol–water partition coefficient (Wildman–Crippen LogP) is 4.96. The molecule has 2 N–H and O–H groups in total. The number of ether oxygens (including phenoxy) is 1. The first-order valence-electron chi connectivity index (χ1n) is 12.4. The third kappa shape index (κ3) is 5.91. The molecule has 4 rings (SSSR count). The van der Waals surface area contributed by atoms with Gasteiger partial charge in [-0.3, -0.25) is 4.31 Å². The monoisotopic (exact) mass is 528 g/mol. The average Bonchev–Trinajstić information content (AvgIpc) is 3.22. The second-order valence-electron chi connectivity index (χ2n) is 9.50. The highest BCUT2D eigenvalue weighted by Crippen LogP contribution is 2.31. The Morgan fingerprint density at radius 1 is 1.19 bits per heavy atom. The Hall–Kier alpha value is -2.46. The summed E-state index contributed by atoms with van der Waals surface area (Å²) in [5.74, 6) is 0.757. The van der Waals surface area contributed by atoms with E-state index in [0.717, 1.165) is 35.7 Å². The number of aryl methyl sites for hydroxylation is 2. The van der Waals surface area contributed by atoms with Crippen LogP contribution in [0.3, 0.4) is 0 Å². The van der Waals surface area contributed by atoms with Crippen LogP contribution in [-0.4, -0.2) is 39.1 Å². The number of hydrogen-bond donors (Lipinski definition) is 2. The Labute approximate surface area is 219 Å². The molecule has 1 aliphatic heterocycles. The maximum absolute atomic E-state index is 13.4. The summed E-state index contributed by atoms with van der Waals surface area (Å²) in [5.41, 5.74) is 2.77. The average molecular weight is 529 g/mol. The molecule has 1 aromatic heterocycles. The highest BCUT2D eigenvalue weighted by molar-refractivity contribution is 7.92. The Morgan fingerprint density at radius 3 is 2.61 bits per heavy atom. The second kappa shape index (κ2) is 11.3. The van der Waals surface area contributed by atoms with Crippen LogP contribution in [0.4, 0.5) is 5.69 Å². The number of thiazole rings is 1. The molecule has 0 unspecified atom stereocenters. The second-order valence-corrected chi connectivity index (χ2v) is 12.8. The van der Waals surface area contributed by atoms with Gasteiger partial charge in [0.1, 0.15) is 5.75 Å². The van der Waals surface area contributed by atoms with Gasteiger partial charge >= 0.3 is 0 Å². The van der Waals surface area contributed by atoms with Gasteiger partial charge in [-0.2, -0.15) is 8.42 Å². The van der Waals surface area contributed by atoms with Gasteiger partial charge in [0.15, 0.2) is 5.03 Å². The molecule has 7 nitrogen and oxygen atoms in total. The summed E-state index contributed by atoms with van der Waals surface area (Å²) < 4.78 is 34.1. The molecular formula is C27H36N4O3S2. The predicted molar refractivity (Wildman–Crippen MR) is 146 cm³/mol. The van der Waals surface area contributed by atoms with Gasteiger partial charge in [0.2, 0.25) is 0 Å². The van der Waals surface area contributed by atoms with E-state index < -0.39 is 10.0 Å². The van der Waals surface area contributed by atoms with Crippen molar-refractivity contribution in [2.75, 3.05) is 17.9 Å². The molecule has 0 aliphatic carbocycles. The number of hydrogen-bond acceptors (Lipinski definition) is 7. The summed E-state index contributed by atoms with van der Waals surface area (Å²) in [6, 6.07) is 16.5. The molecular weight excluding hydrogens is 492 g/mol. The van der Waals surface area contributed by atoms with Crippen LogP contribution in [0.25, 0.3) is 0 Å². The van der Waals surface area contributed by atoms with Crippen LogP contribution in [0.5, 0.6) is 5.75 Å².